The highest BCUT2D eigenvalue weighted by molar-refractivity contribution is 7.26. The molecule has 0 N–H and O–H groups in total. The lowest BCUT2D eigenvalue weighted by Gasteiger charge is -2.40. The van der Waals surface area contributed by atoms with Crippen molar-refractivity contribution >= 4 is 14.4 Å². The Hall–Kier alpha value is -4.02. The molecule has 4 aromatic carbocycles. The number of ether oxygens (including phenoxy) is 2. The Bertz CT molecular complexity index is 1290. The lowest BCUT2D eigenvalue weighted by molar-refractivity contribution is 0.0644. The summed E-state index contributed by atoms with van der Waals surface area (Å²) in [6.07, 6.45) is 0. The minimum absolute atomic E-state index is 0.0541. The number of hydrogen-bond donors (Lipinski definition) is 0. The van der Waals surface area contributed by atoms with Crippen LogP contribution in [0, 0.1) is 5.82 Å². The van der Waals surface area contributed by atoms with Crippen LogP contribution in [0.3, 0.4) is 0 Å². The molecule has 4 rings (SSSR count). The summed E-state index contributed by atoms with van der Waals surface area (Å²) >= 11 is 0. The van der Waals surface area contributed by atoms with Crippen LogP contribution in [0.15, 0.2) is 103 Å². The van der Waals surface area contributed by atoms with Gasteiger partial charge in [0, 0.05) is 6.54 Å². The second-order valence-corrected chi connectivity index (χ2v) is 8.91. The van der Waals surface area contributed by atoms with Gasteiger partial charge < -0.3 is 14.4 Å². The van der Waals surface area contributed by atoms with Crippen molar-refractivity contribution in [1.29, 1.82) is 0 Å². The molecule has 0 unspecified atom stereocenters. The number of amides is 1. The molecule has 7 heteroatoms. The van der Waals surface area contributed by atoms with Crippen molar-refractivity contribution in [3.63, 3.8) is 0 Å². The number of hydrogen-bond acceptors (Lipinski definition) is 4. The number of carbonyl (C=O) groups is 1. The molecular formula is C29H25FNO4P. The fourth-order valence-corrected chi connectivity index (χ4v) is 4.93. The molecule has 0 heterocycles. The molecule has 0 bridgehead atoms. The van der Waals surface area contributed by atoms with Crippen LogP contribution in [-0.4, -0.2) is 25.0 Å². The predicted molar refractivity (Wildman–Crippen MR) is 137 cm³/mol. The lowest BCUT2D eigenvalue weighted by Crippen LogP contribution is -2.46. The summed E-state index contributed by atoms with van der Waals surface area (Å²) < 4.78 is 38.8. The van der Waals surface area contributed by atoms with E-state index >= 15 is 4.39 Å². The molecule has 0 radical (unpaired) electrons. The molecule has 0 saturated carbocycles. The van der Waals surface area contributed by atoms with Gasteiger partial charge in [-0.25, -0.2) is 4.39 Å². The SMILES string of the molecule is COc1ccc(CN(C(=O)c2cc(OC)ccc2F)C(P=O)(c2ccccc2)c2ccccc2)cc1. The molecule has 0 aromatic heterocycles. The molecule has 0 aliphatic carbocycles. The first-order valence-corrected chi connectivity index (χ1v) is 12.1. The third-order valence-corrected chi connectivity index (χ3v) is 7.05. The third-order valence-electron chi connectivity index (χ3n) is 6.02. The molecule has 5 nitrogen and oxygen atoms in total. The van der Waals surface area contributed by atoms with Gasteiger partial charge in [0.2, 0.25) is 0 Å². The fraction of sp³-hybridized carbons (Fsp3) is 0.138. The van der Waals surface area contributed by atoms with Crippen molar-refractivity contribution in [2.75, 3.05) is 14.2 Å². The molecule has 0 spiro atoms. The van der Waals surface area contributed by atoms with Gasteiger partial charge >= 0.3 is 0 Å². The fourth-order valence-electron chi connectivity index (χ4n) is 4.16. The highest BCUT2D eigenvalue weighted by Gasteiger charge is 2.45. The van der Waals surface area contributed by atoms with Crippen molar-refractivity contribution in [3.8, 4) is 11.5 Å². The van der Waals surface area contributed by atoms with Crippen LogP contribution >= 0.6 is 8.46 Å². The van der Waals surface area contributed by atoms with Gasteiger partial charge in [0.15, 0.2) is 13.7 Å². The molecule has 1 amide bonds. The summed E-state index contributed by atoms with van der Waals surface area (Å²) in [5.74, 6) is -0.319. The number of methoxy groups -OCH3 is 2. The van der Waals surface area contributed by atoms with E-state index < -0.39 is 17.0 Å². The summed E-state index contributed by atoms with van der Waals surface area (Å²) in [5, 5.41) is -1.44. The minimum atomic E-state index is -1.44. The van der Waals surface area contributed by atoms with E-state index in [1.165, 1.54) is 30.2 Å². The van der Waals surface area contributed by atoms with Gasteiger partial charge in [0.25, 0.3) is 5.91 Å². The van der Waals surface area contributed by atoms with E-state index in [-0.39, 0.29) is 20.6 Å². The van der Waals surface area contributed by atoms with Crippen LogP contribution in [0.1, 0.15) is 27.0 Å². The Kier molecular flexibility index (Phi) is 7.77. The number of nitrogens with zero attached hydrogens (tertiary/aromatic N) is 1. The van der Waals surface area contributed by atoms with Crippen LogP contribution < -0.4 is 9.47 Å². The molecule has 0 fully saturated rings. The van der Waals surface area contributed by atoms with Crippen molar-refractivity contribution in [2.45, 2.75) is 11.8 Å². The number of carbonyl (C=O) groups excluding carboxylic acids is 1. The zero-order valence-electron chi connectivity index (χ0n) is 19.9. The van der Waals surface area contributed by atoms with E-state index in [9.17, 15) is 9.36 Å². The van der Waals surface area contributed by atoms with Crippen LogP contribution in [0.4, 0.5) is 4.39 Å². The summed E-state index contributed by atoms with van der Waals surface area (Å²) in [7, 11) is 2.66. The minimum Gasteiger partial charge on any atom is -0.497 e. The van der Waals surface area contributed by atoms with Gasteiger partial charge in [-0.2, -0.15) is 0 Å². The van der Waals surface area contributed by atoms with E-state index in [2.05, 4.69) is 0 Å². The molecule has 0 aliphatic rings. The van der Waals surface area contributed by atoms with Crippen molar-refractivity contribution in [3.05, 3.63) is 131 Å². The molecule has 36 heavy (non-hydrogen) atoms. The van der Waals surface area contributed by atoms with Crippen LogP contribution in [0.2, 0.25) is 0 Å². The second kappa shape index (κ2) is 11.1. The number of benzene rings is 4. The maximum atomic E-state index is 15.1. The Balaban J connectivity index is 1.96. The van der Waals surface area contributed by atoms with Gasteiger partial charge in [-0.1, -0.05) is 72.8 Å². The van der Waals surface area contributed by atoms with E-state index in [0.717, 1.165) is 5.56 Å². The highest BCUT2D eigenvalue weighted by atomic mass is 31.1. The Morgan fingerprint density at radius 3 is 1.83 bits per heavy atom. The maximum Gasteiger partial charge on any atom is 0.258 e. The van der Waals surface area contributed by atoms with Crippen LogP contribution in [0.5, 0.6) is 11.5 Å². The van der Waals surface area contributed by atoms with Gasteiger partial charge in [0.1, 0.15) is 17.3 Å². The summed E-state index contributed by atoms with van der Waals surface area (Å²) in [4.78, 5) is 15.6. The van der Waals surface area contributed by atoms with E-state index in [0.29, 0.717) is 22.6 Å². The smallest absolute Gasteiger partial charge is 0.258 e. The molecule has 4 aromatic rings. The maximum absolute atomic E-state index is 15.1. The van der Waals surface area contributed by atoms with Gasteiger partial charge in [-0.15, -0.1) is 0 Å². The Morgan fingerprint density at radius 2 is 1.33 bits per heavy atom. The Labute approximate surface area is 211 Å². The average molecular weight is 501 g/mol. The summed E-state index contributed by atoms with van der Waals surface area (Å²) in [5.41, 5.74) is 1.83. The van der Waals surface area contributed by atoms with E-state index in [1.807, 2.05) is 72.8 Å². The standard InChI is InChI=1S/C29H25FNO4P/c1-34-24-15-13-21(14-16-24)20-31(28(32)26-19-25(35-2)17-18-27(26)30)29(36-33,22-9-5-3-6-10-22)23-11-7-4-8-12-23/h3-19H,20H2,1-2H3. The first kappa shape index (κ1) is 25.1. The average Bonchev–Trinajstić information content (AvgIpc) is 2.94. The summed E-state index contributed by atoms with van der Waals surface area (Å²) in [6, 6.07) is 29.4. The van der Waals surface area contributed by atoms with Crippen molar-refractivity contribution in [2.24, 2.45) is 0 Å². The Morgan fingerprint density at radius 1 is 0.806 bits per heavy atom. The first-order valence-electron chi connectivity index (χ1n) is 11.3. The second-order valence-electron chi connectivity index (χ2n) is 8.08. The lowest BCUT2D eigenvalue weighted by atomic mass is 9.94. The normalized spacial score (nSPS) is 11.2. The zero-order chi connectivity index (χ0) is 25.5. The van der Waals surface area contributed by atoms with Crippen LogP contribution in [0.25, 0.3) is 0 Å². The predicted octanol–water partition coefficient (Wildman–Crippen LogP) is 6.68. The quantitative estimate of drug-likeness (QED) is 0.240. The molecule has 0 saturated heterocycles. The summed E-state index contributed by atoms with van der Waals surface area (Å²) in [6.45, 7) is 0.0541. The first-order chi connectivity index (χ1) is 17.5. The van der Waals surface area contributed by atoms with Gasteiger partial charge in [0.05, 0.1) is 19.8 Å². The van der Waals surface area contributed by atoms with Gasteiger partial charge in [-0.3, -0.25) is 9.36 Å². The molecule has 0 aliphatic heterocycles. The monoisotopic (exact) mass is 501 g/mol. The third kappa shape index (κ3) is 4.86. The number of rotatable bonds is 9. The van der Waals surface area contributed by atoms with E-state index in [1.54, 1.807) is 19.2 Å². The zero-order valence-corrected chi connectivity index (χ0v) is 20.8. The highest BCUT2D eigenvalue weighted by Crippen LogP contribution is 2.46. The number of halogens is 1. The molecule has 182 valence electrons. The largest absolute Gasteiger partial charge is 0.497 e. The van der Waals surface area contributed by atoms with Crippen LogP contribution in [-0.2, 0) is 16.4 Å². The van der Waals surface area contributed by atoms with E-state index in [4.69, 9.17) is 9.47 Å². The van der Waals surface area contributed by atoms with Gasteiger partial charge in [-0.05, 0) is 47.0 Å². The van der Waals surface area contributed by atoms with Crippen molar-refractivity contribution < 1.29 is 23.2 Å². The molecule has 0 atom stereocenters. The molecular weight excluding hydrogens is 476 g/mol. The topological polar surface area (TPSA) is 55.8 Å². The van der Waals surface area contributed by atoms with Crippen molar-refractivity contribution in [1.82, 2.24) is 4.90 Å².